The van der Waals surface area contributed by atoms with Crippen LogP contribution in [0.4, 0.5) is 14.5 Å². The van der Waals surface area contributed by atoms with E-state index in [0.29, 0.717) is 18.8 Å². The molecule has 4 aromatic rings. The topological polar surface area (TPSA) is 112 Å². The Balaban J connectivity index is 1.88. The Morgan fingerprint density at radius 1 is 1.20 bits per heavy atom. The van der Waals surface area contributed by atoms with Gasteiger partial charge in [0.2, 0.25) is 0 Å². The monoisotopic (exact) mass is 479 g/mol. The second kappa shape index (κ2) is 8.84. The minimum atomic E-state index is -0.673. The quantitative estimate of drug-likeness (QED) is 0.339. The number of hydrogen-bond acceptors (Lipinski definition) is 7. The lowest BCUT2D eigenvalue weighted by molar-refractivity contribution is -0.384. The number of rotatable bonds is 5. The van der Waals surface area contributed by atoms with E-state index < -0.39 is 22.1 Å². The summed E-state index contributed by atoms with van der Waals surface area (Å²) in [4.78, 5) is 33.4. The normalized spacial score (nSPS) is 15.5. The summed E-state index contributed by atoms with van der Waals surface area (Å²) < 4.78 is 34.8. The van der Waals surface area contributed by atoms with Gasteiger partial charge in [-0.15, -0.1) is 0 Å². The molecule has 1 N–H and O–H groups in total. The number of halogens is 2. The third-order valence-electron chi connectivity index (χ3n) is 5.98. The number of nitro groups is 1. The molecule has 35 heavy (non-hydrogen) atoms. The summed E-state index contributed by atoms with van der Waals surface area (Å²) in [5.41, 5.74) is -0.170. The van der Waals surface area contributed by atoms with Crippen molar-refractivity contribution in [1.82, 2.24) is 19.9 Å². The summed E-state index contributed by atoms with van der Waals surface area (Å²) in [5, 5.41) is 14.9. The molecule has 0 amide bonds. The van der Waals surface area contributed by atoms with Crippen molar-refractivity contribution in [2.45, 2.75) is 18.9 Å². The maximum atomic E-state index is 14.6. The number of nitrogens with one attached hydrogen (secondary N) is 1. The molecule has 5 rings (SSSR count). The Hall–Kier alpha value is -4.25. The van der Waals surface area contributed by atoms with Crippen molar-refractivity contribution >= 4 is 16.6 Å². The van der Waals surface area contributed by atoms with Crippen LogP contribution >= 0.6 is 0 Å². The molecule has 11 heteroatoms. The highest BCUT2D eigenvalue weighted by molar-refractivity contribution is 5.95. The van der Waals surface area contributed by atoms with Crippen molar-refractivity contribution < 1.29 is 18.4 Å². The summed E-state index contributed by atoms with van der Waals surface area (Å²) in [5.74, 6) is -0.980. The van der Waals surface area contributed by atoms with E-state index in [1.807, 2.05) is 0 Å². The number of ether oxygens (including phenoxy) is 1. The minimum Gasteiger partial charge on any atom is -0.494 e. The first-order valence-electron chi connectivity index (χ1n) is 10.8. The van der Waals surface area contributed by atoms with Crippen molar-refractivity contribution in [3.8, 4) is 22.6 Å². The number of non-ortho nitro benzene ring substituents is 1. The van der Waals surface area contributed by atoms with Crippen LogP contribution in [0.25, 0.3) is 27.7 Å². The largest absolute Gasteiger partial charge is 0.494 e. The molecule has 178 valence electrons. The molecular weight excluding hydrogens is 460 g/mol. The third kappa shape index (κ3) is 3.99. The molecule has 0 unspecified atom stereocenters. The Morgan fingerprint density at radius 3 is 2.69 bits per heavy atom. The van der Waals surface area contributed by atoms with Gasteiger partial charge in [-0.2, -0.15) is 0 Å². The molecule has 0 radical (unpaired) electrons. The van der Waals surface area contributed by atoms with E-state index in [0.717, 1.165) is 24.8 Å². The van der Waals surface area contributed by atoms with Crippen molar-refractivity contribution in [3.05, 3.63) is 86.7 Å². The number of pyridine rings is 1. The van der Waals surface area contributed by atoms with E-state index in [1.54, 1.807) is 0 Å². The van der Waals surface area contributed by atoms with E-state index in [-0.39, 0.29) is 45.2 Å². The molecular formula is C24H19F2N5O4. The van der Waals surface area contributed by atoms with E-state index >= 15 is 0 Å². The molecule has 0 aliphatic carbocycles. The molecule has 1 aliphatic rings. The van der Waals surface area contributed by atoms with E-state index in [9.17, 15) is 23.7 Å². The van der Waals surface area contributed by atoms with Gasteiger partial charge in [-0.05, 0) is 37.6 Å². The molecule has 1 fully saturated rings. The van der Waals surface area contributed by atoms with E-state index in [2.05, 4.69) is 10.3 Å². The minimum absolute atomic E-state index is 0.00705. The fourth-order valence-electron chi connectivity index (χ4n) is 4.36. The van der Waals surface area contributed by atoms with Crippen LogP contribution in [0, 0.1) is 21.7 Å². The average Bonchev–Trinajstić information content (AvgIpc) is 3.38. The average molecular weight is 479 g/mol. The Morgan fingerprint density at radius 2 is 2.03 bits per heavy atom. The van der Waals surface area contributed by atoms with Crippen LogP contribution in [0.3, 0.4) is 0 Å². The van der Waals surface area contributed by atoms with Crippen LogP contribution in [0.1, 0.15) is 24.7 Å². The summed E-state index contributed by atoms with van der Waals surface area (Å²) in [6.07, 6.45) is 3.88. The zero-order valence-electron chi connectivity index (χ0n) is 18.5. The van der Waals surface area contributed by atoms with Crippen LogP contribution in [0.5, 0.6) is 5.75 Å². The van der Waals surface area contributed by atoms with Gasteiger partial charge in [0, 0.05) is 35.5 Å². The molecule has 2 aromatic carbocycles. The van der Waals surface area contributed by atoms with Gasteiger partial charge in [0.05, 0.1) is 40.9 Å². The molecule has 0 spiro atoms. The summed E-state index contributed by atoms with van der Waals surface area (Å²) in [6, 6.07) is 7.30. The maximum Gasteiger partial charge on any atom is 0.271 e. The number of aromatic nitrogens is 3. The van der Waals surface area contributed by atoms with Gasteiger partial charge >= 0.3 is 0 Å². The molecule has 1 aliphatic heterocycles. The van der Waals surface area contributed by atoms with Gasteiger partial charge in [-0.3, -0.25) is 24.5 Å². The van der Waals surface area contributed by atoms with Gasteiger partial charge in [0.15, 0.2) is 11.6 Å². The predicted octanol–water partition coefficient (Wildman–Crippen LogP) is 4.07. The Bertz CT molecular complexity index is 1530. The summed E-state index contributed by atoms with van der Waals surface area (Å²) in [6.45, 7) is 0.705. The molecule has 1 saturated heterocycles. The van der Waals surface area contributed by atoms with Crippen LogP contribution in [0.15, 0.2) is 53.6 Å². The highest BCUT2D eigenvalue weighted by Gasteiger charge is 2.27. The molecule has 3 heterocycles. The Kier molecular flexibility index (Phi) is 5.69. The molecule has 1 atom stereocenters. The second-order valence-electron chi connectivity index (χ2n) is 8.12. The first-order valence-corrected chi connectivity index (χ1v) is 10.8. The van der Waals surface area contributed by atoms with E-state index in [1.165, 1.54) is 42.1 Å². The van der Waals surface area contributed by atoms with Gasteiger partial charge in [0.25, 0.3) is 11.2 Å². The first kappa shape index (κ1) is 22.5. The molecule has 0 bridgehead atoms. The van der Waals surface area contributed by atoms with Crippen LogP contribution < -0.4 is 15.6 Å². The Labute approximate surface area is 197 Å². The van der Waals surface area contributed by atoms with Crippen molar-refractivity contribution in [2.75, 3.05) is 13.7 Å². The number of nitrogens with zero attached hydrogens (tertiary/aromatic N) is 4. The lowest BCUT2D eigenvalue weighted by Crippen LogP contribution is -2.29. The smallest absolute Gasteiger partial charge is 0.271 e. The van der Waals surface area contributed by atoms with Crippen molar-refractivity contribution in [3.63, 3.8) is 0 Å². The van der Waals surface area contributed by atoms with Crippen LogP contribution in [-0.2, 0) is 0 Å². The lowest BCUT2D eigenvalue weighted by atomic mass is 10.0. The van der Waals surface area contributed by atoms with Crippen LogP contribution in [0.2, 0.25) is 0 Å². The number of nitro benzene ring substituents is 1. The highest BCUT2D eigenvalue weighted by Crippen LogP contribution is 2.33. The highest BCUT2D eigenvalue weighted by atomic mass is 19.1. The summed E-state index contributed by atoms with van der Waals surface area (Å²) >= 11 is 0. The number of methoxy groups -OCH3 is 1. The fourth-order valence-corrected chi connectivity index (χ4v) is 4.36. The predicted molar refractivity (Wildman–Crippen MR) is 124 cm³/mol. The number of fused-ring (bicyclic) bond motifs is 1. The standard InChI is InChI=1S/C24H19F2N5O4/c1-35-21-5-4-15(10-19(21)26)30-23(20-3-2-6-28-20)29-22-17(13-7-14(25)12-27-11-13)8-16(31(33)34)9-18(22)24(30)32/h4-5,7-12,20,28H,2-3,6H2,1H3/t20-/m1/s1. The van der Waals surface area contributed by atoms with E-state index in [4.69, 9.17) is 9.72 Å². The third-order valence-corrected chi connectivity index (χ3v) is 5.98. The first-order chi connectivity index (χ1) is 16.9. The van der Waals surface area contributed by atoms with Gasteiger partial charge in [-0.1, -0.05) is 0 Å². The summed E-state index contributed by atoms with van der Waals surface area (Å²) in [7, 11) is 1.33. The molecule has 9 nitrogen and oxygen atoms in total. The zero-order valence-corrected chi connectivity index (χ0v) is 18.5. The van der Waals surface area contributed by atoms with Gasteiger partial charge in [0.1, 0.15) is 11.6 Å². The van der Waals surface area contributed by atoms with Gasteiger partial charge in [-0.25, -0.2) is 13.8 Å². The maximum absolute atomic E-state index is 14.6. The molecule has 0 saturated carbocycles. The fraction of sp³-hybridized carbons (Fsp3) is 0.208. The van der Waals surface area contributed by atoms with Crippen molar-refractivity contribution in [2.24, 2.45) is 0 Å². The number of hydrogen-bond donors (Lipinski definition) is 1. The SMILES string of the molecule is COc1ccc(-n2c([C@H]3CCCN3)nc3c(-c4cncc(F)c4)cc([N+](=O)[O-])cc3c2=O)cc1F. The lowest BCUT2D eigenvalue weighted by Gasteiger charge is -2.19. The second-order valence-corrected chi connectivity index (χ2v) is 8.12. The zero-order chi connectivity index (χ0) is 24.7. The van der Waals surface area contributed by atoms with Crippen molar-refractivity contribution in [1.29, 1.82) is 0 Å². The van der Waals surface area contributed by atoms with Gasteiger partial charge < -0.3 is 10.1 Å². The van der Waals surface area contributed by atoms with Crippen LogP contribution in [-0.4, -0.2) is 33.1 Å². The number of benzene rings is 2. The molecule has 2 aromatic heterocycles.